The van der Waals surface area contributed by atoms with Gasteiger partial charge in [-0.15, -0.1) is 11.8 Å². The van der Waals surface area contributed by atoms with Crippen LogP contribution < -0.4 is 5.73 Å². The molecule has 3 rings (SSSR count). The van der Waals surface area contributed by atoms with E-state index in [0.29, 0.717) is 5.92 Å². The van der Waals surface area contributed by atoms with E-state index in [9.17, 15) is 0 Å². The predicted molar refractivity (Wildman–Crippen MR) is 45.5 cm³/mol. The largest absolute Gasteiger partial charge is 0.316 e. The lowest BCUT2D eigenvalue weighted by atomic mass is 9.67. The molecule has 0 aromatic carbocycles. The molecular weight excluding hydrogens is 142 g/mol. The monoisotopic (exact) mass is 155 g/mol. The predicted octanol–water partition coefficient (Wildman–Crippen LogP) is 1.95. The van der Waals surface area contributed by atoms with Gasteiger partial charge in [0.05, 0.1) is 4.87 Å². The molecule has 0 spiro atoms. The number of rotatable bonds is 0. The molecule has 1 fully saturated rings. The first kappa shape index (κ1) is 6.74. The lowest BCUT2D eigenvalue weighted by Gasteiger charge is -2.54. The highest BCUT2D eigenvalue weighted by Crippen LogP contribution is 2.56. The second kappa shape index (κ2) is 1.80. The van der Waals surface area contributed by atoms with Gasteiger partial charge in [0.1, 0.15) is 0 Å². The van der Waals surface area contributed by atoms with Crippen LogP contribution >= 0.6 is 11.8 Å². The fourth-order valence-corrected chi connectivity index (χ4v) is 3.12. The average molecular weight is 155 g/mol. The third kappa shape index (κ3) is 0.638. The van der Waals surface area contributed by atoms with Crippen LogP contribution in [0.1, 0.15) is 20.3 Å². The molecule has 2 N–H and O–H groups in total. The van der Waals surface area contributed by atoms with Crippen LogP contribution in [0.2, 0.25) is 0 Å². The van der Waals surface area contributed by atoms with Crippen molar-refractivity contribution in [2.75, 3.05) is 0 Å². The van der Waals surface area contributed by atoms with Crippen molar-refractivity contribution >= 4 is 11.8 Å². The van der Waals surface area contributed by atoms with Gasteiger partial charge in [0.25, 0.3) is 0 Å². The maximum absolute atomic E-state index is 6.07. The molecule has 2 aliphatic heterocycles. The SMILES string of the molecule is CC1=CSC2(N)CC1C2C. The molecule has 1 aliphatic carbocycles. The maximum atomic E-state index is 6.07. The minimum atomic E-state index is 0.101. The molecule has 10 heavy (non-hydrogen) atoms. The number of hydrogen-bond acceptors (Lipinski definition) is 2. The van der Waals surface area contributed by atoms with Crippen molar-refractivity contribution in [2.24, 2.45) is 17.6 Å². The van der Waals surface area contributed by atoms with E-state index in [1.807, 2.05) is 11.8 Å². The molecule has 0 radical (unpaired) electrons. The van der Waals surface area contributed by atoms with E-state index in [1.165, 1.54) is 12.0 Å². The van der Waals surface area contributed by atoms with E-state index in [-0.39, 0.29) is 4.87 Å². The zero-order valence-electron chi connectivity index (χ0n) is 6.42. The van der Waals surface area contributed by atoms with Crippen LogP contribution in [0, 0.1) is 11.8 Å². The molecule has 0 aromatic rings. The van der Waals surface area contributed by atoms with Crippen molar-refractivity contribution in [1.29, 1.82) is 0 Å². The van der Waals surface area contributed by atoms with Crippen molar-refractivity contribution in [3.05, 3.63) is 11.0 Å². The van der Waals surface area contributed by atoms with Crippen molar-refractivity contribution in [2.45, 2.75) is 25.1 Å². The van der Waals surface area contributed by atoms with Crippen LogP contribution in [0.3, 0.4) is 0 Å². The molecule has 2 heterocycles. The molecular formula is C8H13NS. The van der Waals surface area contributed by atoms with Gasteiger partial charge in [0, 0.05) is 0 Å². The fourth-order valence-electron chi connectivity index (χ4n) is 1.89. The first-order chi connectivity index (χ1) is 4.63. The molecule has 2 bridgehead atoms. The Morgan fingerprint density at radius 1 is 1.80 bits per heavy atom. The zero-order valence-corrected chi connectivity index (χ0v) is 7.24. The summed E-state index contributed by atoms with van der Waals surface area (Å²) in [6, 6.07) is 0. The van der Waals surface area contributed by atoms with Gasteiger partial charge in [0.2, 0.25) is 0 Å². The summed E-state index contributed by atoms with van der Waals surface area (Å²) in [5.41, 5.74) is 7.60. The van der Waals surface area contributed by atoms with Gasteiger partial charge < -0.3 is 5.73 Å². The van der Waals surface area contributed by atoms with Crippen LogP contribution in [0.5, 0.6) is 0 Å². The Bertz CT molecular complexity index is 199. The zero-order chi connectivity index (χ0) is 7.35. The van der Waals surface area contributed by atoms with Crippen LogP contribution in [0.4, 0.5) is 0 Å². The Labute approximate surface area is 66.1 Å². The van der Waals surface area contributed by atoms with Crippen LogP contribution in [0.25, 0.3) is 0 Å². The van der Waals surface area contributed by atoms with Crippen LogP contribution in [0.15, 0.2) is 11.0 Å². The maximum Gasteiger partial charge on any atom is 0.0698 e. The smallest absolute Gasteiger partial charge is 0.0698 e. The summed E-state index contributed by atoms with van der Waals surface area (Å²) >= 11 is 1.82. The minimum Gasteiger partial charge on any atom is -0.316 e. The molecule has 0 amide bonds. The van der Waals surface area contributed by atoms with Crippen LogP contribution in [-0.2, 0) is 0 Å². The van der Waals surface area contributed by atoms with Crippen molar-refractivity contribution in [3.63, 3.8) is 0 Å². The topological polar surface area (TPSA) is 26.0 Å². The third-order valence-corrected chi connectivity index (χ3v) is 4.43. The second-order valence-electron chi connectivity index (χ2n) is 3.53. The van der Waals surface area contributed by atoms with E-state index in [2.05, 4.69) is 19.3 Å². The molecule has 56 valence electrons. The van der Waals surface area contributed by atoms with Crippen molar-refractivity contribution < 1.29 is 0 Å². The van der Waals surface area contributed by atoms with Gasteiger partial charge in [-0.3, -0.25) is 0 Å². The quantitative estimate of drug-likeness (QED) is 0.578. The summed E-state index contributed by atoms with van der Waals surface area (Å²) in [6.45, 7) is 4.48. The van der Waals surface area contributed by atoms with Crippen molar-refractivity contribution in [3.8, 4) is 0 Å². The summed E-state index contributed by atoms with van der Waals surface area (Å²) < 4.78 is 0. The van der Waals surface area contributed by atoms with E-state index in [1.54, 1.807) is 0 Å². The van der Waals surface area contributed by atoms with Gasteiger partial charge in [0.15, 0.2) is 0 Å². The molecule has 1 saturated carbocycles. The van der Waals surface area contributed by atoms with Gasteiger partial charge in [-0.2, -0.15) is 0 Å². The van der Waals surface area contributed by atoms with Crippen LogP contribution in [-0.4, -0.2) is 4.87 Å². The first-order valence-electron chi connectivity index (χ1n) is 3.77. The fraction of sp³-hybridized carbons (Fsp3) is 0.750. The first-order valence-corrected chi connectivity index (χ1v) is 4.65. The van der Waals surface area contributed by atoms with E-state index in [4.69, 9.17) is 5.73 Å². The Kier molecular flexibility index (Phi) is 1.21. The highest BCUT2D eigenvalue weighted by Gasteiger charge is 2.51. The average Bonchev–Trinajstić information content (AvgIpc) is 1.93. The van der Waals surface area contributed by atoms with Gasteiger partial charge >= 0.3 is 0 Å². The second-order valence-corrected chi connectivity index (χ2v) is 4.77. The standard InChI is InChI=1S/C8H13NS/c1-5-4-10-8(9)3-7(5)6(8)2/h4,6-7H,3,9H2,1-2H3. The number of nitrogens with two attached hydrogens (primary N) is 1. The molecule has 3 atom stereocenters. The summed E-state index contributed by atoms with van der Waals surface area (Å²) in [4.78, 5) is 0.101. The normalized spacial score (nSPS) is 51.7. The number of allylic oxidation sites excluding steroid dienone is 1. The Balaban J connectivity index is 2.28. The molecule has 3 aliphatic rings. The summed E-state index contributed by atoms with van der Waals surface area (Å²) in [6.07, 6.45) is 1.20. The summed E-state index contributed by atoms with van der Waals surface area (Å²) in [7, 11) is 0. The molecule has 1 nitrogen and oxygen atoms in total. The molecule has 0 aromatic heterocycles. The molecule has 3 unspecified atom stereocenters. The molecule has 2 heteroatoms. The van der Waals surface area contributed by atoms with E-state index < -0.39 is 0 Å². The number of hydrogen-bond donors (Lipinski definition) is 1. The lowest BCUT2D eigenvalue weighted by molar-refractivity contribution is 0.155. The Morgan fingerprint density at radius 3 is 2.90 bits per heavy atom. The van der Waals surface area contributed by atoms with Gasteiger partial charge in [-0.05, 0) is 30.6 Å². The van der Waals surface area contributed by atoms with E-state index in [0.717, 1.165) is 5.92 Å². The summed E-state index contributed by atoms with van der Waals surface area (Å²) in [5, 5.41) is 2.23. The Morgan fingerprint density at radius 2 is 2.50 bits per heavy atom. The third-order valence-electron chi connectivity index (χ3n) is 2.96. The van der Waals surface area contributed by atoms with E-state index >= 15 is 0 Å². The number of fused-ring (bicyclic) bond motifs is 1. The van der Waals surface area contributed by atoms with Crippen molar-refractivity contribution in [1.82, 2.24) is 0 Å². The minimum absolute atomic E-state index is 0.101. The summed E-state index contributed by atoms with van der Waals surface area (Å²) in [5.74, 6) is 1.49. The highest BCUT2D eigenvalue weighted by molar-refractivity contribution is 8.03. The number of thioether (sulfide) groups is 1. The van der Waals surface area contributed by atoms with Gasteiger partial charge in [-0.25, -0.2) is 0 Å². The lowest BCUT2D eigenvalue weighted by Crippen LogP contribution is -2.58. The molecule has 0 saturated heterocycles. The van der Waals surface area contributed by atoms with Gasteiger partial charge in [-0.1, -0.05) is 12.5 Å². The Hall–Kier alpha value is 0.0500. The highest BCUT2D eigenvalue weighted by atomic mass is 32.2.